The van der Waals surface area contributed by atoms with Gasteiger partial charge in [-0.25, -0.2) is 4.98 Å². The molecule has 0 unspecified atom stereocenters. The lowest BCUT2D eigenvalue weighted by Crippen LogP contribution is -2.04. The average molecular weight is 305 g/mol. The minimum absolute atomic E-state index is 0.203. The highest BCUT2D eigenvalue weighted by atomic mass is 19.4. The summed E-state index contributed by atoms with van der Waals surface area (Å²) in [7, 11) is 0. The van der Waals surface area contributed by atoms with E-state index in [1.54, 1.807) is 18.2 Å². The standard InChI is InChI=1S/C15H10F3N3O/c16-15(17,18)11-5-3-4-10(8-11)12-9-14(22)21(20-12)13-6-1-2-7-19-13/h1-9,22H. The van der Waals surface area contributed by atoms with Crippen molar-refractivity contribution in [1.82, 2.24) is 14.8 Å². The molecule has 4 nitrogen and oxygen atoms in total. The molecule has 3 aromatic rings. The van der Waals surface area contributed by atoms with Crippen LogP contribution in [0.3, 0.4) is 0 Å². The van der Waals surface area contributed by atoms with Gasteiger partial charge in [-0.3, -0.25) is 0 Å². The van der Waals surface area contributed by atoms with Crippen LogP contribution < -0.4 is 0 Å². The number of aromatic hydroxyl groups is 1. The van der Waals surface area contributed by atoms with Crippen LogP contribution in [0.5, 0.6) is 5.88 Å². The van der Waals surface area contributed by atoms with Crippen LogP contribution in [0.2, 0.25) is 0 Å². The second kappa shape index (κ2) is 5.18. The van der Waals surface area contributed by atoms with Gasteiger partial charge in [0.1, 0.15) is 0 Å². The molecule has 0 atom stereocenters. The summed E-state index contributed by atoms with van der Waals surface area (Å²) in [5, 5.41) is 14.0. The van der Waals surface area contributed by atoms with E-state index in [-0.39, 0.29) is 17.1 Å². The quantitative estimate of drug-likeness (QED) is 0.786. The number of aromatic nitrogens is 3. The molecule has 0 radical (unpaired) electrons. The van der Waals surface area contributed by atoms with Crippen LogP contribution in [0.4, 0.5) is 13.2 Å². The first-order valence-corrected chi connectivity index (χ1v) is 6.33. The third kappa shape index (κ3) is 2.65. The van der Waals surface area contributed by atoms with Crippen molar-refractivity contribution in [3.05, 3.63) is 60.3 Å². The monoisotopic (exact) mass is 305 g/mol. The Morgan fingerprint density at radius 3 is 2.50 bits per heavy atom. The van der Waals surface area contributed by atoms with Crippen molar-refractivity contribution in [2.75, 3.05) is 0 Å². The predicted molar refractivity (Wildman–Crippen MR) is 73.5 cm³/mol. The predicted octanol–water partition coefficient (Wildman–Crippen LogP) is 3.66. The lowest BCUT2D eigenvalue weighted by Gasteiger charge is -2.07. The van der Waals surface area contributed by atoms with Gasteiger partial charge in [-0.15, -0.1) is 0 Å². The van der Waals surface area contributed by atoms with Crippen molar-refractivity contribution in [1.29, 1.82) is 0 Å². The van der Waals surface area contributed by atoms with Crippen LogP contribution in [-0.4, -0.2) is 19.9 Å². The number of hydrogen-bond donors (Lipinski definition) is 1. The van der Waals surface area contributed by atoms with Gasteiger partial charge in [0.25, 0.3) is 0 Å². The van der Waals surface area contributed by atoms with Crippen molar-refractivity contribution >= 4 is 0 Å². The molecule has 1 N–H and O–H groups in total. The van der Waals surface area contributed by atoms with Gasteiger partial charge in [0, 0.05) is 17.8 Å². The fourth-order valence-corrected chi connectivity index (χ4v) is 2.01. The Hall–Kier alpha value is -2.83. The van der Waals surface area contributed by atoms with E-state index in [2.05, 4.69) is 10.1 Å². The molecule has 22 heavy (non-hydrogen) atoms. The molecule has 0 fully saturated rings. The van der Waals surface area contributed by atoms with Crippen molar-refractivity contribution in [2.24, 2.45) is 0 Å². The molecule has 0 aliphatic heterocycles. The topological polar surface area (TPSA) is 50.9 Å². The van der Waals surface area contributed by atoms with Crippen LogP contribution in [0.25, 0.3) is 17.1 Å². The molecule has 3 rings (SSSR count). The molecule has 0 saturated heterocycles. The molecule has 0 aliphatic carbocycles. The number of halogens is 3. The zero-order valence-corrected chi connectivity index (χ0v) is 11.1. The second-order valence-electron chi connectivity index (χ2n) is 4.57. The van der Waals surface area contributed by atoms with E-state index in [1.807, 2.05) is 0 Å². The largest absolute Gasteiger partial charge is 0.493 e. The summed E-state index contributed by atoms with van der Waals surface area (Å²) in [6, 6.07) is 11.1. The Labute approximate surface area is 123 Å². The van der Waals surface area contributed by atoms with Gasteiger partial charge >= 0.3 is 6.18 Å². The summed E-state index contributed by atoms with van der Waals surface area (Å²) in [6.45, 7) is 0. The molecule has 7 heteroatoms. The molecule has 2 heterocycles. The molecule has 0 amide bonds. The van der Waals surface area contributed by atoms with Crippen molar-refractivity contribution < 1.29 is 18.3 Å². The summed E-state index contributed by atoms with van der Waals surface area (Å²) < 4.78 is 39.4. The minimum Gasteiger partial charge on any atom is -0.493 e. The fraction of sp³-hybridized carbons (Fsp3) is 0.0667. The molecule has 0 saturated carbocycles. The van der Waals surface area contributed by atoms with Crippen LogP contribution in [-0.2, 0) is 6.18 Å². The minimum atomic E-state index is -4.43. The van der Waals surface area contributed by atoms with E-state index in [0.717, 1.165) is 16.8 Å². The summed E-state index contributed by atoms with van der Waals surface area (Å²) >= 11 is 0. The lowest BCUT2D eigenvalue weighted by atomic mass is 10.1. The molecule has 2 aromatic heterocycles. The van der Waals surface area contributed by atoms with Gasteiger partial charge in [-0.2, -0.15) is 23.0 Å². The first-order valence-electron chi connectivity index (χ1n) is 6.33. The van der Waals surface area contributed by atoms with Crippen LogP contribution in [0.15, 0.2) is 54.7 Å². The smallest absolute Gasteiger partial charge is 0.416 e. The molecule has 0 spiro atoms. The molecule has 0 aliphatic rings. The third-order valence-corrected chi connectivity index (χ3v) is 3.04. The van der Waals surface area contributed by atoms with Crippen LogP contribution in [0, 0.1) is 0 Å². The SMILES string of the molecule is Oc1cc(-c2cccc(C(F)(F)F)c2)nn1-c1ccccn1. The van der Waals surface area contributed by atoms with E-state index >= 15 is 0 Å². The van der Waals surface area contributed by atoms with Gasteiger partial charge in [0.15, 0.2) is 5.82 Å². The molecular weight excluding hydrogens is 295 g/mol. The Bertz CT molecular complexity index is 797. The van der Waals surface area contributed by atoms with Gasteiger partial charge < -0.3 is 5.11 Å². The number of alkyl halides is 3. The molecule has 112 valence electrons. The first-order chi connectivity index (χ1) is 10.4. The maximum Gasteiger partial charge on any atom is 0.416 e. The highest BCUT2D eigenvalue weighted by Crippen LogP contribution is 2.32. The normalized spacial score (nSPS) is 11.6. The Balaban J connectivity index is 2.04. The summed E-state index contributed by atoms with van der Waals surface area (Å²) in [5.74, 6) is 0.171. The van der Waals surface area contributed by atoms with E-state index in [4.69, 9.17) is 0 Å². The number of nitrogens with zero attached hydrogens (tertiary/aromatic N) is 3. The average Bonchev–Trinajstić information content (AvgIpc) is 2.89. The molecular formula is C15H10F3N3O. The summed E-state index contributed by atoms with van der Waals surface area (Å²) in [5.41, 5.74) is -0.272. The van der Waals surface area contributed by atoms with Crippen LogP contribution >= 0.6 is 0 Å². The Morgan fingerprint density at radius 2 is 1.82 bits per heavy atom. The number of rotatable bonds is 2. The summed E-state index contributed by atoms with van der Waals surface area (Å²) in [6.07, 6.45) is -2.90. The van der Waals surface area contributed by atoms with Gasteiger partial charge in [-0.05, 0) is 24.3 Å². The van der Waals surface area contributed by atoms with Gasteiger partial charge in [0.05, 0.1) is 11.3 Å². The Morgan fingerprint density at radius 1 is 1.00 bits per heavy atom. The third-order valence-electron chi connectivity index (χ3n) is 3.04. The highest BCUT2D eigenvalue weighted by molar-refractivity contribution is 5.62. The van der Waals surface area contributed by atoms with E-state index < -0.39 is 11.7 Å². The highest BCUT2D eigenvalue weighted by Gasteiger charge is 2.30. The van der Waals surface area contributed by atoms with Crippen LogP contribution in [0.1, 0.15) is 5.56 Å². The second-order valence-corrected chi connectivity index (χ2v) is 4.57. The molecule has 1 aromatic carbocycles. The van der Waals surface area contributed by atoms with Crippen molar-refractivity contribution in [2.45, 2.75) is 6.18 Å². The Kier molecular flexibility index (Phi) is 3.32. The van der Waals surface area contributed by atoms with Gasteiger partial charge in [-0.1, -0.05) is 18.2 Å². The fourth-order valence-electron chi connectivity index (χ4n) is 2.01. The van der Waals surface area contributed by atoms with E-state index in [9.17, 15) is 18.3 Å². The number of benzene rings is 1. The molecule has 0 bridgehead atoms. The number of hydrogen-bond acceptors (Lipinski definition) is 3. The summed E-state index contributed by atoms with van der Waals surface area (Å²) in [4.78, 5) is 4.03. The number of pyridine rings is 1. The van der Waals surface area contributed by atoms with E-state index in [1.165, 1.54) is 24.4 Å². The lowest BCUT2D eigenvalue weighted by molar-refractivity contribution is -0.137. The zero-order valence-electron chi connectivity index (χ0n) is 11.1. The first kappa shape index (κ1) is 14.1. The van der Waals surface area contributed by atoms with Crippen molar-refractivity contribution in [3.63, 3.8) is 0 Å². The maximum atomic E-state index is 12.7. The van der Waals surface area contributed by atoms with E-state index in [0.29, 0.717) is 5.82 Å². The maximum absolute atomic E-state index is 12.7. The zero-order chi connectivity index (χ0) is 15.7. The van der Waals surface area contributed by atoms with Crippen molar-refractivity contribution in [3.8, 4) is 23.0 Å². The van der Waals surface area contributed by atoms with Gasteiger partial charge in [0.2, 0.25) is 5.88 Å².